The zero-order valence-corrected chi connectivity index (χ0v) is 13.4. The van der Waals surface area contributed by atoms with E-state index in [1.54, 1.807) is 32.7 Å². The van der Waals surface area contributed by atoms with E-state index in [9.17, 15) is 0 Å². The molecule has 1 aromatic carbocycles. The highest BCUT2D eigenvalue weighted by molar-refractivity contribution is 5.70. The third-order valence-corrected chi connectivity index (χ3v) is 3.55. The molecule has 8 heteroatoms. The number of aromatic amines is 1. The van der Waals surface area contributed by atoms with Crippen LogP contribution in [0.4, 0.5) is 11.8 Å². The number of ether oxygens (including phenoxy) is 2. The van der Waals surface area contributed by atoms with Crippen LogP contribution in [0.1, 0.15) is 5.56 Å². The predicted octanol–water partition coefficient (Wildman–Crippen LogP) is 2.08. The summed E-state index contributed by atoms with van der Waals surface area (Å²) in [4.78, 5) is 8.69. The molecule has 0 aliphatic carbocycles. The minimum atomic E-state index is 0.456. The van der Waals surface area contributed by atoms with Crippen molar-refractivity contribution in [3.63, 3.8) is 0 Å². The molecule has 4 N–H and O–H groups in total. The lowest BCUT2D eigenvalue weighted by Gasteiger charge is -2.13. The van der Waals surface area contributed by atoms with Gasteiger partial charge in [0.2, 0.25) is 5.95 Å². The number of anilines is 2. The maximum atomic E-state index is 5.83. The van der Waals surface area contributed by atoms with Gasteiger partial charge >= 0.3 is 0 Å². The van der Waals surface area contributed by atoms with Crippen LogP contribution in [0.5, 0.6) is 11.5 Å². The summed E-state index contributed by atoms with van der Waals surface area (Å²) >= 11 is 0. The molecular formula is C16H18N6O2. The third kappa shape index (κ3) is 3.07. The Kier molecular flexibility index (Phi) is 4.46. The van der Waals surface area contributed by atoms with Gasteiger partial charge < -0.3 is 20.5 Å². The van der Waals surface area contributed by atoms with E-state index in [0.29, 0.717) is 24.0 Å². The number of nitrogens with two attached hydrogens (primary N) is 1. The first-order chi connectivity index (χ1) is 11.7. The van der Waals surface area contributed by atoms with Crippen LogP contribution in [0, 0.1) is 0 Å². The molecule has 2 heterocycles. The number of benzene rings is 1. The van der Waals surface area contributed by atoms with Crippen molar-refractivity contribution in [2.24, 2.45) is 0 Å². The molecule has 0 aliphatic rings. The van der Waals surface area contributed by atoms with Gasteiger partial charge in [0.1, 0.15) is 17.3 Å². The fraction of sp³-hybridized carbons (Fsp3) is 0.188. The molecule has 0 spiro atoms. The normalized spacial score (nSPS) is 10.4. The Labute approximate surface area is 139 Å². The van der Waals surface area contributed by atoms with Crippen LogP contribution in [-0.2, 0) is 6.54 Å². The lowest BCUT2D eigenvalue weighted by molar-refractivity contribution is 0.386. The predicted molar refractivity (Wildman–Crippen MR) is 90.9 cm³/mol. The number of nitrogens with one attached hydrogen (secondary N) is 2. The number of nitrogen functional groups attached to an aromatic ring is 1. The van der Waals surface area contributed by atoms with E-state index < -0.39 is 0 Å². The van der Waals surface area contributed by atoms with Crippen LogP contribution in [-0.4, -0.2) is 34.4 Å². The molecule has 3 rings (SSSR count). The number of aromatic nitrogens is 4. The first-order valence-electron chi connectivity index (χ1n) is 7.29. The Bertz CT molecular complexity index is 811. The Morgan fingerprint density at radius 2 is 1.92 bits per heavy atom. The molecule has 0 aliphatic heterocycles. The monoisotopic (exact) mass is 326 g/mol. The highest BCUT2D eigenvalue weighted by Gasteiger charge is 2.11. The van der Waals surface area contributed by atoms with Crippen molar-refractivity contribution in [3.8, 4) is 22.8 Å². The quantitative estimate of drug-likeness (QED) is 0.636. The smallest absolute Gasteiger partial charge is 0.223 e. The van der Waals surface area contributed by atoms with Gasteiger partial charge in [0, 0.05) is 6.20 Å². The number of H-pyrrole nitrogens is 1. The molecule has 8 nitrogen and oxygen atoms in total. The van der Waals surface area contributed by atoms with Crippen LogP contribution in [0.15, 0.2) is 36.7 Å². The maximum Gasteiger partial charge on any atom is 0.223 e. The Hall–Kier alpha value is -3.29. The zero-order chi connectivity index (χ0) is 16.9. The van der Waals surface area contributed by atoms with Crippen molar-refractivity contribution in [2.75, 3.05) is 25.3 Å². The van der Waals surface area contributed by atoms with E-state index in [1.807, 2.05) is 18.2 Å². The highest BCUT2D eigenvalue weighted by atomic mass is 16.5. The molecule has 0 bridgehead atoms. The van der Waals surface area contributed by atoms with Crippen molar-refractivity contribution in [1.29, 1.82) is 0 Å². The maximum absolute atomic E-state index is 5.83. The summed E-state index contributed by atoms with van der Waals surface area (Å²) in [5.74, 6) is 2.40. The van der Waals surface area contributed by atoms with Gasteiger partial charge in [0.25, 0.3) is 0 Å². The lowest BCUT2D eigenvalue weighted by atomic mass is 10.1. The Balaban J connectivity index is 1.82. The number of nitrogens with zero attached hydrogens (tertiary/aromatic N) is 3. The van der Waals surface area contributed by atoms with Gasteiger partial charge in [-0.2, -0.15) is 5.10 Å². The van der Waals surface area contributed by atoms with Gasteiger partial charge in [-0.05, 0) is 18.2 Å². The number of hydrogen-bond donors (Lipinski definition) is 3. The number of methoxy groups -OCH3 is 2. The summed E-state index contributed by atoms with van der Waals surface area (Å²) in [6, 6.07) is 7.40. The molecule has 0 radical (unpaired) electrons. The molecule has 24 heavy (non-hydrogen) atoms. The van der Waals surface area contributed by atoms with Gasteiger partial charge in [-0.15, -0.1) is 0 Å². The lowest BCUT2D eigenvalue weighted by Crippen LogP contribution is -2.07. The fourth-order valence-corrected chi connectivity index (χ4v) is 2.36. The Morgan fingerprint density at radius 1 is 1.17 bits per heavy atom. The summed E-state index contributed by atoms with van der Waals surface area (Å²) in [5, 5.41) is 9.77. The first-order valence-corrected chi connectivity index (χ1v) is 7.29. The summed E-state index contributed by atoms with van der Waals surface area (Å²) in [7, 11) is 3.24. The summed E-state index contributed by atoms with van der Waals surface area (Å²) in [6.07, 6.45) is 3.29. The van der Waals surface area contributed by atoms with Gasteiger partial charge in [-0.1, -0.05) is 6.07 Å². The van der Waals surface area contributed by atoms with E-state index in [4.69, 9.17) is 15.2 Å². The third-order valence-electron chi connectivity index (χ3n) is 3.55. The van der Waals surface area contributed by atoms with E-state index in [2.05, 4.69) is 25.5 Å². The molecule has 0 saturated heterocycles. The van der Waals surface area contributed by atoms with Gasteiger partial charge in [0.15, 0.2) is 0 Å². The number of hydrogen-bond acceptors (Lipinski definition) is 7. The van der Waals surface area contributed by atoms with Crippen molar-refractivity contribution in [2.45, 2.75) is 6.54 Å². The average Bonchev–Trinajstić information content (AvgIpc) is 3.05. The van der Waals surface area contributed by atoms with Crippen LogP contribution in [0.3, 0.4) is 0 Å². The second kappa shape index (κ2) is 6.86. The molecule has 0 unspecified atom stereocenters. The second-order valence-electron chi connectivity index (χ2n) is 4.96. The van der Waals surface area contributed by atoms with Gasteiger partial charge in [0.05, 0.1) is 43.8 Å². The second-order valence-corrected chi connectivity index (χ2v) is 4.96. The van der Waals surface area contributed by atoms with Crippen LogP contribution < -0.4 is 20.5 Å². The Morgan fingerprint density at radius 3 is 2.54 bits per heavy atom. The minimum Gasteiger partial charge on any atom is -0.496 e. The summed E-state index contributed by atoms with van der Waals surface area (Å²) in [6.45, 7) is 0.456. The molecule has 0 amide bonds. The molecular weight excluding hydrogens is 308 g/mol. The zero-order valence-electron chi connectivity index (χ0n) is 13.4. The largest absolute Gasteiger partial charge is 0.496 e. The van der Waals surface area contributed by atoms with Gasteiger partial charge in [-0.25, -0.2) is 9.97 Å². The van der Waals surface area contributed by atoms with E-state index in [1.165, 1.54) is 0 Å². The van der Waals surface area contributed by atoms with E-state index in [-0.39, 0.29) is 0 Å². The van der Waals surface area contributed by atoms with Crippen molar-refractivity contribution in [3.05, 3.63) is 42.2 Å². The number of rotatable bonds is 6. The minimum absolute atomic E-state index is 0.456. The standard InChI is InChI=1S/C16H18N6O2/c1-23-13-4-3-5-14(24-2)11(13)8-19-16-18-7-6-12(21-16)10-9-20-22-15(10)17/h3-7,9H,8H2,1-2H3,(H3,17,20,22)(H,18,19,21). The van der Waals surface area contributed by atoms with Crippen LogP contribution in [0.25, 0.3) is 11.3 Å². The summed E-state index contributed by atoms with van der Waals surface area (Å²) in [5.41, 5.74) is 8.14. The van der Waals surface area contributed by atoms with E-state index in [0.717, 1.165) is 22.6 Å². The van der Waals surface area contributed by atoms with Crippen LogP contribution >= 0.6 is 0 Å². The summed E-state index contributed by atoms with van der Waals surface area (Å²) < 4.78 is 10.8. The van der Waals surface area contributed by atoms with Crippen LogP contribution in [0.2, 0.25) is 0 Å². The van der Waals surface area contributed by atoms with Gasteiger partial charge in [-0.3, -0.25) is 5.10 Å². The highest BCUT2D eigenvalue weighted by Crippen LogP contribution is 2.29. The molecule has 0 fully saturated rings. The average molecular weight is 326 g/mol. The molecule has 124 valence electrons. The first kappa shape index (κ1) is 15.6. The van der Waals surface area contributed by atoms with E-state index >= 15 is 0 Å². The van der Waals surface area contributed by atoms with Crippen molar-refractivity contribution >= 4 is 11.8 Å². The molecule has 3 aromatic rings. The fourth-order valence-electron chi connectivity index (χ4n) is 2.36. The molecule has 2 aromatic heterocycles. The molecule has 0 saturated carbocycles. The van der Waals surface area contributed by atoms with Crippen molar-refractivity contribution in [1.82, 2.24) is 20.2 Å². The SMILES string of the molecule is COc1cccc(OC)c1CNc1nccc(-c2cn[nH]c2N)n1. The van der Waals surface area contributed by atoms with Crippen molar-refractivity contribution < 1.29 is 9.47 Å². The molecule has 0 atom stereocenters. The topological polar surface area (TPSA) is 111 Å².